The maximum absolute atomic E-state index is 12.6. The number of hydrogen-bond acceptors (Lipinski definition) is 4. The molecule has 0 saturated heterocycles. The fourth-order valence-electron chi connectivity index (χ4n) is 3.40. The maximum atomic E-state index is 12.6. The number of carbonyl (C=O) groups excluding carboxylic acids is 1. The summed E-state index contributed by atoms with van der Waals surface area (Å²) in [7, 11) is -3.16. The van der Waals surface area contributed by atoms with Crippen LogP contribution in [-0.2, 0) is 20.4 Å². The standard InChI is InChI=1S/C21H25NO4S/c1-16-10-11-19(26-16)12-13-21(23)22-18-7-5-6-17(14-18)15-27(24,25)20-8-3-2-4-9-20/h5-7,10-14,20H,2-4,8-9,15H2,1H3,(H,22,23)/b13-12+. The van der Waals surface area contributed by atoms with Crippen molar-refractivity contribution in [3.63, 3.8) is 0 Å². The van der Waals surface area contributed by atoms with Crippen LogP contribution in [0.3, 0.4) is 0 Å². The van der Waals surface area contributed by atoms with Gasteiger partial charge in [-0.15, -0.1) is 0 Å². The molecule has 1 aromatic carbocycles. The van der Waals surface area contributed by atoms with Gasteiger partial charge in [0.25, 0.3) is 0 Å². The molecular weight excluding hydrogens is 362 g/mol. The molecule has 1 aliphatic rings. The second kappa shape index (κ2) is 8.57. The second-order valence-electron chi connectivity index (χ2n) is 7.04. The van der Waals surface area contributed by atoms with Crippen molar-refractivity contribution in [1.29, 1.82) is 0 Å². The van der Waals surface area contributed by atoms with Crippen LogP contribution < -0.4 is 5.32 Å². The monoisotopic (exact) mass is 387 g/mol. The summed E-state index contributed by atoms with van der Waals surface area (Å²) >= 11 is 0. The smallest absolute Gasteiger partial charge is 0.248 e. The van der Waals surface area contributed by atoms with Gasteiger partial charge in [-0.25, -0.2) is 8.42 Å². The number of benzene rings is 1. The zero-order valence-corrected chi connectivity index (χ0v) is 16.3. The lowest BCUT2D eigenvalue weighted by Crippen LogP contribution is -2.25. The molecule has 6 heteroatoms. The lowest BCUT2D eigenvalue weighted by molar-refractivity contribution is -0.111. The summed E-state index contributed by atoms with van der Waals surface area (Å²) in [6, 6.07) is 10.6. The van der Waals surface area contributed by atoms with E-state index in [1.54, 1.807) is 36.4 Å². The van der Waals surface area contributed by atoms with Crippen molar-refractivity contribution in [2.24, 2.45) is 0 Å². The van der Waals surface area contributed by atoms with Crippen LogP contribution in [0.25, 0.3) is 6.08 Å². The Kier molecular flexibility index (Phi) is 6.16. The maximum Gasteiger partial charge on any atom is 0.248 e. The third-order valence-electron chi connectivity index (χ3n) is 4.78. The van der Waals surface area contributed by atoms with Gasteiger partial charge in [-0.05, 0) is 55.7 Å². The van der Waals surface area contributed by atoms with Crippen molar-refractivity contribution in [3.05, 3.63) is 59.6 Å². The van der Waals surface area contributed by atoms with Gasteiger partial charge in [0, 0.05) is 11.8 Å². The van der Waals surface area contributed by atoms with E-state index in [1.165, 1.54) is 6.08 Å². The first kappa shape index (κ1) is 19.4. The Morgan fingerprint density at radius 1 is 1.19 bits per heavy atom. The molecule has 1 heterocycles. The molecule has 1 saturated carbocycles. The lowest BCUT2D eigenvalue weighted by Gasteiger charge is -2.21. The summed E-state index contributed by atoms with van der Waals surface area (Å²) < 4.78 is 30.7. The first-order valence-electron chi connectivity index (χ1n) is 9.28. The number of nitrogens with one attached hydrogen (secondary N) is 1. The van der Waals surface area contributed by atoms with Crippen LogP contribution in [-0.4, -0.2) is 19.6 Å². The van der Waals surface area contributed by atoms with Crippen LogP contribution in [0.4, 0.5) is 5.69 Å². The molecule has 1 aromatic heterocycles. The van der Waals surface area contributed by atoms with Gasteiger partial charge in [-0.2, -0.15) is 0 Å². The minimum Gasteiger partial charge on any atom is -0.462 e. The molecule has 5 nitrogen and oxygen atoms in total. The summed E-state index contributed by atoms with van der Waals surface area (Å²) in [4.78, 5) is 12.1. The predicted octanol–water partition coefficient (Wildman–Crippen LogP) is 4.49. The second-order valence-corrected chi connectivity index (χ2v) is 9.32. The number of aryl methyl sites for hydroxylation is 1. The van der Waals surface area contributed by atoms with Gasteiger partial charge in [0.1, 0.15) is 11.5 Å². The number of carbonyl (C=O) groups is 1. The molecule has 3 rings (SSSR count). The molecule has 1 amide bonds. The first-order valence-corrected chi connectivity index (χ1v) is 11.0. The predicted molar refractivity (Wildman–Crippen MR) is 107 cm³/mol. The highest BCUT2D eigenvalue weighted by Crippen LogP contribution is 2.26. The molecule has 0 atom stereocenters. The average molecular weight is 388 g/mol. The Balaban J connectivity index is 1.63. The lowest BCUT2D eigenvalue weighted by atomic mass is 10.0. The van der Waals surface area contributed by atoms with E-state index in [4.69, 9.17) is 4.42 Å². The van der Waals surface area contributed by atoms with E-state index >= 15 is 0 Å². The van der Waals surface area contributed by atoms with Gasteiger partial charge in [0.05, 0.1) is 11.0 Å². The summed E-state index contributed by atoms with van der Waals surface area (Å²) in [5.74, 6) is 1.11. The summed E-state index contributed by atoms with van der Waals surface area (Å²) in [6.07, 6.45) is 7.61. The number of rotatable bonds is 6. The summed E-state index contributed by atoms with van der Waals surface area (Å²) in [5.41, 5.74) is 1.28. The van der Waals surface area contributed by atoms with Crippen LogP contribution in [0.1, 0.15) is 49.2 Å². The molecular formula is C21H25NO4S. The molecule has 0 unspecified atom stereocenters. The number of hydrogen-bond donors (Lipinski definition) is 1. The minimum absolute atomic E-state index is 0.0168. The van der Waals surface area contributed by atoms with E-state index in [0.717, 1.165) is 37.9 Å². The highest BCUT2D eigenvalue weighted by molar-refractivity contribution is 7.91. The third kappa shape index (κ3) is 5.57. The van der Waals surface area contributed by atoms with Gasteiger partial charge in [0.15, 0.2) is 9.84 Å². The van der Waals surface area contributed by atoms with E-state index in [2.05, 4.69) is 5.32 Å². The number of sulfone groups is 1. The third-order valence-corrected chi connectivity index (χ3v) is 7.01. The number of anilines is 1. The Morgan fingerprint density at radius 2 is 1.96 bits per heavy atom. The van der Waals surface area contributed by atoms with E-state index in [9.17, 15) is 13.2 Å². The molecule has 27 heavy (non-hydrogen) atoms. The quantitative estimate of drug-likeness (QED) is 0.741. The van der Waals surface area contributed by atoms with Crippen molar-refractivity contribution in [1.82, 2.24) is 0 Å². The molecule has 144 valence electrons. The summed E-state index contributed by atoms with van der Waals surface area (Å²) in [5, 5.41) is 2.53. The largest absolute Gasteiger partial charge is 0.462 e. The first-order chi connectivity index (χ1) is 12.9. The van der Waals surface area contributed by atoms with E-state index in [0.29, 0.717) is 17.0 Å². The Hall–Kier alpha value is -2.34. The van der Waals surface area contributed by atoms with Crippen molar-refractivity contribution in [2.45, 2.75) is 50.0 Å². The fourth-order valence-corrected chi connectivity index (χ4v) is 5.33. The number of furan rings is 1. The van der Waals surface area contributed by atoms with E-state index in [-0.39, 0.29) is 16.9 Å². The molecule has 0 radical (unpaired) electrons. The van der Waals surface area contributed by atoms with Crippen LogP contribution in [0.2, 0.25) is 0 Å². The van der Waals surface area contributed by atoms with Crippen molar-refractivity contribution >= 4 is 27.5 Å². The van der Waals surface area contributed by atoms with Gasteiger partial charge in [0.2, 0.25) is 5.91 Å². The molecule has 1 fully saturated rings. The molecule has 2 aromatic rings. The Labute approximate surface area is 160 Å². The SMILES string of the molecule is Cc1ccc(/C=C/C(=O)Nc2cccc(CS(=O)(=O)C3CCCCC3)c2)o1. The van der Waals surface area contributed by atoms with Crippen LogP contribution in [0.5, 0.6) is 0 Å². The van der Waals surface area contributed by atoms with E-state index in [1.807, 2.05) is 13.0 Å². The Bertz CT molecular complexity index is 921. The van der Waals surface area contributed by atoms with Gasteiger partial charge in [-0.3, -0.25) is 4.79 Å². The molecule has 0 spiro atoms. The highest BCUT2D eigenvalue weighted by atomic mass is 32.2. The fraction of sp³-hybridized carbons (Fsp3) is 0.381. The highest BCUT2D eigenvalue weighted by Gasteiger charge is 2.27. The zero-order chi connectivity index (χ0) is 19.3. The van der Waals surface area contributed by atoms with Gasteiger partial charge < -0.3 is 9.73 Å². The topological polar surface area (TPSA) is 76.4 Å². The molecule has 1 N–H and O–H groups in total. The minimum atomic E-state index is -3.16. The molecule has 1 aliphatic carbocycles. The van der Waals surface area contributed by atoms with Crippen molar-refractivity contribution in [3.8, 4) is 0 Å². The zero-order valence-electron chi connectivity index (χ0n) is 15.5. The molecule has 0 aliphatic heterocycles. The average Bonchev–Trinajstić information content (AvgIpc) is 3.06. The normalized spacial score (nSPS) is 15.9. The van der Waals surface area contributed by atoms with Crippen LogP contribution in [0.15, 0.2) is 46.9 Å². The van der Waals surface area contributed by atoms with Crippen LogP contribution in [0, 0.1) is 6.92 Å². The molecule has 0 bridgehead atoms. The number of amides is 1. The Morgan fingerprint density at radius 3 is 2.67 bits per heavy atom. The van der Waals surface area contributed by atoms with Crippen LogP contribution >= 0.6 is 0 Å². The summed E-state index contributed by atoms with van der Waals surface area (Å²) in [6.45, 7) is 1.84. The van der Waals surface area contributed by atoms with Gasteiger partial charge >= 0.3 is 0 Å². The van der Waals surface area contributed by atoms with Crippen molar-refractivity contribution < 1.29 is 17.6 Å². The van der Waals surface area contributed by atoms with E-state index < -0.39 is 9.84 Å². The van der Waals surface area contributed by atoms with Crippen molar-refractivity contribution in [2.75, 3.05) is 5.32 Å². The van der Waals surface area contributed by atoms with Gasteiger partial charge in [-0.1, -0.05) is 31.4 Å².